The number of hydrogen-bond donors (Lipinski definition) is 0. The molecule has 1 aromatic rings. The standard InChI is InChI=1S/C14H18O3S/c1-3-12(15)10-11-13(4-2)18(16,17)14-8-6-5-7-9-14/h4-9H,3,10-11H2,1-2H3/b13-4+. The van der Waals surface area contributed by atoms with Crippen LogP contribution in [0.25, 0.3) is 0 Å². The zero-order chi connectivity index (χ0) is 13.6. The van der Waals surface area contributed by atoms with E-state index in [4.69, 9.17) is 0 Å². The van der Waals surface area contributed by atoms with Crippen LogP contribution in [0, 0.1) is 0 Å². The van der Waals surface area contributed by atoms with Gasteiger partial charge in [-0.05, 0) is 25.5 Å². The number of benzene rings is 1. The summed E-state index contributed by atoms with van der Waals surface area (Å²) in [6.45, 7) is 3.47. The molecule has 0 aliphatic carbocycles. The molecule has 0 saturated heterocycles. The van der Waals surface area contributed by atoms with Crippen LogP contribution < -0.4 is 0 Å². The van der Waals surface area contributed by atoms with Crippen molar-refractivity contribution in [3.63, 3.8) is 0 Å². The van der Waals surface area contributed by atoms with Crippen molar-refractivity contribution in [3.8, 4) is 0 Å². The molecule has 0 atom stereocenters. The van der Waals surface area contributed by atoms with Crippen LogP contribution >= 0.6 is 0 Å². The molecule has 0 aliphatic rings. The lowest BCUT2D eigenvalue weighted by atomic mass is 10.2. The Morgan fingerprint density at radius 2 is 1.78 bits per heavy atom. The predicted molar refractivity (Wildman–Crippen MR) is 71.9 cm³/mol. The molecule has 0 radical (unpaired) electrons. The smallest absolute Gasteiger partial charge is 0.202 e. The van der Waals surface area contributed by atoms with Crippen LogP contribution in [0.2, 0.25) is 0 Å². The summed E-state index contributed by atoms with van der Waals surface area (Å²) in [5.74, 6) is 0.0811. The van der Waals surface area contributed by atoms with Gasteiger partial charge in [-0.25, -0.2) is 8.42 Å². The molecule has 0 bridgehead atoms. The normalized spacial score (nSPS) is 12.4. The molecule has 0 spiro atoms. The summed E-state index contributed by atoms with van der Waals surface area (Å²) >= 11 is 0. The highest BCUT2D eigenvalue weighted by atomic mass is 32.2. The van der Waals surface area contributed by atoms with E-state index in [2.05, 4.69) is 0 Å². The zero-order valence-corrected chi connectivity index (χ0v) is 11.5. The molecule has 0 N–H and O–H groups in total. The van der Waals surface area contributed by atoms with Gasteiger partial charge in [0.25, 0.3) is 0 Å². The number of Topliss-reactive ketones (excluding diaryl/α,β-unsaturated/α-hetero) is 1. The maximum absolute atomic E-state index is 12.3. The lowest BCUT2D eigenvalue weighted by Crippen LogP contribution is -2.07. The van der Waals surface area contributed by atoms with Crippen molar-refractivity contribution < 1.29 is 13.2 Å². The molecule has 0 aromatic heterocycles. The lowest BCUT2D eigenvalue weighted by Gasteiger charge is -2.08. The van der Waals surface area contributed by atoms with E-state index in [1.807, 2.05) is 0 Å². The van der Waals surface area contributed by atoms with Gasteiger partial charge in [-0.15, -0.1) is 0 Å². The minimum atomic E-state index is -3.45. The third-order valence-electron chi connectivity index (χ3n) is 2.77. The summed E-state index contributed by atoms with van der Waals surface area (Å²) in [7, 11) is -3.45. The van der Waals surface area contributed by atoms with E-state index < -0.39 is 9.84 Å². The van der Waals surface area contributed by atoms with Crippen LogP contribution in [0.4, 0.5) is 0 Å². The number of carbonyl (C=O) groups is 1. The fourth-order valence-corrected chi connectivity index (χ4v) is 3.12. The summed E-state index contributed by atoms with van der Waals surface area (Å²) < 4.78 is 24.6. The average Bonchev–Trinajstić information content (AvgIpc) is 2.39. The molecule has 0 aliphatic heterocycles. The second-order valence-corrected chi connectivity index (χ2v) is 5.97. The Morgan fingerprint density at radius 1 is 1.17 bits per heavy atom. The van der Waals surface area contributed by atoms with Crippen molar-refractivity contribution >= 4 is 15.6 Å². The van der Waals surface area contributed by atoms with Crippen molar-refractivity contribution in [2.45, 2.75) is 38.0 Å². The van der Waals surface area contributed by atoms with Crippen LogP contribution in [0.5, 0.6) is 0 Å². The van der Waals surface area contributed by atoms with Crippen LogP contribution in [0.3, 0.4) is 0 Å². The number of ketones is 1. The van der Waals surface area contributed by atoms with Crippen molar-refractivity contribution in [3.05, 3.63) is 41.3 Å². The molecule has 1 rings (SSSR count). The Morgan fingerprint density at radius 3 is 2.28 bits per heavy atom. The second-order valence-electron chi connectivity index (χ2n) is 3.96. The van der Waals surface area contributed by atoms with Gasteiger partial charge in [0.15, 0.2) is 0 Å². The van der Waals surface area contributed by atoms with E-state index in [9.17, 15) is 13.2 Å². The molecule has 0 fully saturated rings. The third kappa shape index (κ3) is 3.53. The highest BCUT2D eigenvalue weighted by Crippen LogP contribution is 2.22. The summed E-state index contributed by atoms with van der Waals surface area (Å²) in [6.07, 6.45) is 2.58. The number of sulfone groups is 1. The largest absolute Gasteiger partial charge is 0.300 e. The number of carbonyl (C=O) groups excluding carboxylic acids is 1. The molecular weight excluding hydrogens is 248 g/mol. The monoisotopic (exact) mass is 266 g/mol. The van der Waals surface area contributed by atoms with Crippen LogP contribution in [0.15, 0.2) is 46.2 Å². The van der Waals surface area contributed by atoms with Gasteiger partial charge in [-0.2, -0.15) is 0 Å². The van der Waals surface area contributed by atoms with Crippen molar-refractivity contribution in [2.24, 2.45) is 0 Å². The molecule has 3 nitrogen and oxygen atoms in total. The zero-order valence-electron chi connectivity index (χ0n) is 10.7. The Hall–Kier alpha value is -1.42. The van der Waals surface area contributed by atoms with Crippen molar-refractivity contribution in [2.75, 3.05) is 0 Å². The first-order chi connectivity index (χ1) is 8.52. The van der Waals surface area contributed by atoms with Gasteiger partial charge in [0.05, 0.1) is 4.90 Å². The lowest BCUT2D eigenvalue weighted by molar-refractivity contribution is -0.118. The summed E-state index contributed by atoms with van der Waals surface area (Å²) in [4.78, 5) is 11.9. The fourth-order valence-electron chi connectivity index (χ4n) is 1.62. The van der Waals surface area contributed by atoms with Gasteiger partial charge in [-0.1, -0.05) is 31.2 Å². The average molecular weight is 266 g/mol. The van der Waals surface area contributed by atoms with Crippen molar-refractivity contribution in [1.82, 2.24) is 0 Å². The molecule has 98 valence electrons. The number of rotatable bonds is 6. The van der Waals surface area contributed by atoms with Gasteiger partial charge >= 0.3 is 0 Å². The maximum atomic E-state index is 12.3. The number of allylic oxidation sites excluding steroid dienone is 2. The first kappa shape index (κ1) is 14.6. The Labute approximate surface area is 108 Å². The van der Waals surface area contributed by atoms with E-state index in [0.717, 1.165) is 0 Å². The minimum Gasteiger partial charge on any atom is -0.300 e. The molecule has 0 saturated carbocycles. The minimum absolute atomic E-state index is 0.0811. The Balaban J connectivity index is 2.93. The highest BCUT2D eigenvalue weighted by molar-refractivity contribution is 7.95. The molecule has 1 aromatic carbocycles. The van der Waals surface area contributed by atoms with E-state index in [0.29, 0.717) is 11.3 Å². The maximum Gasteiger partial charge on any atom is 0.202 e. The van der Waals surface area contributed by atoms with Crippen LogP contribution in [0.1, 0.15) is 33.1 Å². The molecule has 18 heavy (non-hydrogen) atoms. The van der Waals surface area contributed by atoms with Crippen LogP contribution in [-0.2, 0) is 14.6 Å². The van der Waals surface area contributed by atoms with E-state index in [1.165, 1.54) is 0 Å². The first-order valence-electron chi connectivity index (χ1n) is 5.99. The predicted octanol–water partition coefficient (Wildman–Crippen LogP) is 3.12. The van der Waals surface area contributed by atoms with E-state index in [-0.39, 0.29) is 23.5 Å². The van der Waals surface area contributed by atoms with Gasteiger partial charge in [0.2, 0.25) is 9.84 Å². The Bertz CT molecular complexity index is 527. The molecule has 0 amide bonds. The first-order valence-corrected chi connectivity index (χ1v) is 7.47. The topological polar surface area (TPSA) is 51.2 Å². The van der Waals surface area contributed by atoms with E-state index >= 15 is 0 Å². The quantitative estimate of drug-likeness (QED) is 0.795. The van der Waals surface area contributed by atoms with Gasteiger partial charge in [-0.3, -0.25) is 4.79 Å². The second kappa shape index (κ2) is 6.50. The van der Waals surface area contributed by atoms with Crippen LogP contribution in [-0.4, -0.2) is 14.2 Å². The molecular formula is C14H18O3S. The summed E-state index contributed by atoms with van der Waals surface area (Å²) in [5, 5.41) is 0. The molecule has 0 heterocycles. The number of hydrogen-bond acceptors (Lipinski definition) is 3. The van der Waals surface area contributed by atoms with Crippen molar-refractivity contribution in [1.29, 1.82) is 0 Å². The fraction of sp³-hybridized carbons (Fsp3) is 0.357. The molecule has 4 heteroatoms. The van der Waals surface area contributed by atoms with Gasteiger partial charge in [0.1, 0.15) is 5.78 Å². The molecule has 0 unspecified atom stereocenters. The van der Waals surface area contributed by atoms with Gasteiger partial charge in [0, 0.05) is 17.7 Å². The summed E-state index contributed by atoms with van der Waals surface area (Å²) in [5.41, 5.74) is 0. The van der Waals surface area contributed by atoms with E-state index in [1.54, 1.807) is 50.3 Å². The Kier molecular flexibility index (Phi) is 5.28. The summed E-state index contributed by atoms with van der Waals surface area (Å²) in [6, 6.07) is 8.30. The highest BCUT2D eigenvalue weighted by Gasteiger charge is 2.19. The third-order valence-corrected chi connectivity index (χ3v) is 4.79. The SMILES string of the molecule is C/C=C(\CCC(=O)CC)S(=O)(=O)c1ccccc1. The van der Waals surface area contributed by atoms with Gasteiger partial charge < -0.3 is 0 Å².